The molecule has 2 aromatic carbocycles. The summed E-state index contributed by atoms with van der Waals surface area (Å²) in [5.41, 5.74) is 3.84. The predicted octanol–water partition coefficient (Wildman–Crippen LogP) is 4.72. The number of nitrogens with one attached hydrogen (secondary N) is 2. The number of nitrogens with zero attached hydrogens (tertiary/aromatic N) is 1. The minimum Gasteiger partial charge on any atom is -0.493 e. The maximum Gasteiger partial charge on any atom is 0.224 e. The maximum atomic E-state index is 12.5. The first kappa shape index (κ1) is 19.5. The molecular weight excluding hydrogens is 378 g/mol. The highest BCUT2D eigenvalue weighted by Gasteiger charge is 2.10. The van der Waals surface area contributed by atoms with Crippen LogP contribution in [0, 0.1) is 0 Å². The number of para-hydroxylation sites is 1. The lowest BCUT2D eigenvalue weighted by molar-refractivity contribution is -0.116. The van der Waals surface area contributed by atoms with Crippen molar-refractivity contribution in [2.24, 2.45) is 0 Å². The van der Waals surface area contributed by atoms with Crippen molar-refractivity contribution in [3.05, 3.63) is 84.3 Å². The Morgan fingerprint density at radius 3 is 2.83 bits per heavy atom. The van der Waals surface area contributed by atoms with Crippen molar-refractivity contribution in [1.29, 1.82) is 0 Å². The first-order valence-corrected chi connectivity index (χ1v) is 9.77. The summed E-state index contributed by atoms with van der Waals surface area (Å²) in [7, 11) is 1.59. The molecule has 0 saturated heterocycles. The summed E-state index contributed by atoms with van der Waals surface area (Å²) >= 11 is 0. The van der Waals surface area contributed by atoms with Gasteiger partial charge in [-0.1, -0.05) is 24.3 Å². The van der Waals surface area contributed by atoms with Gasteiger partial charge in [-0.25, -0.2) is 0 Å². The summed E-state index contributed by atoms with van der Waals surface area (Å²) < 4.78 is 11.3. The predicted molar refractivity (Wildman–Crippen MR) is 117 cm³/mol. The molecule has 4 rings (SSSR count). The minimum atomic E-state index is -0.0522. The number of aromatic nitrogens is 2. The van der Waals surface area contributed by atoms with E-state index in [0.29, 0.717) is 36.6 Å². The number of hydrogen-bond acceptors (Lipinski definition) is 4. The number of aryl methyl sites for hydroxylation is 1. The van der Waals surface area contributed by atoms with Gasteiger partial charge in [0.15, 0.2) is 11.5 Å². The molecule has 6 heteroatoms. The molecule has 0 aliphatic rings. The summed E-state index contributed by atoms with van der Waals surface area (Å²) in [5, 5.41) is 4.10. The van der Waals surface area contributed by atoms with Gasteiger partial charge in [0.1, 0.15) is 6.61 Å². The number of pyridine rings is 1. The molecule has 0 aliphatic heterocycles. The Labute approximate surface area is 174 Å². The summed E-state index contributed by atoms with van der Waals surface area (Å²) in [6.45, 7) is 0.363. The number of methoxy groups -OCH3 is 1. The Hall–Kier alpha value is -3.80. The largest absolute Gasteiger partial charge is 0.493 e. The van der Waals surface area contributed by atoms with Gasteiger partial charge in [0.2, 0.25) is 5.91 Å². The number of rotatable bonds is 8. The van der Waals surface area contributed by atoms with E-state index in [1.54, 1.807) is 37.7 Å². The fraction of sp³-hybridized carbons (Fsp3) is 0.167. The number of H-pyrrole nitrogens is 1. The number of amides is 1. The number of ether oxygens (including phenoxy) is 2. The zero-order valence-electron chi connectivity index (χ0n) is 16.7. The first-order chi connectivity index (χ1) is 14.7. The van der Waals surface area contributed by atoms with Crippen LogP contribution in [0.1, 0.15) is 17.5 Å². The van der Waals surface area contributed by atoms with E-state index in [1.165, 1.54) is 0 Å². The Kier molecular flexibility index (Phi) is 5.94. The third-order valence-corrected chi connectivity index (χ3v) is 4.86. The van der Waals surface area contributed by atoms with E-state index < -0.39 is 0 Å². The molecule has 0 radical (unpaired) electrons. The van der Waals surface area contributed by atoms with Crippen LogP contribution in [0.5, 0.6) is 11.5 Å². The maximum absolute atomic E-state index is 12.5. The van der Waals surface area contributed by atoms with Crippen LogP contribution in [-0.2, 0) is 17.8 Å². The molecule has 152 valence electrons. The fourth-order valence-electron chi connectivity index (χ4n) is 3.32. The van der Waals surface area contributed by atoms with Crippen molar-refractivity contribution >= 4 is 22.5 Å². The zero-order valence-corrected chi connectivity index (χ0v) is 16.7. The van der Waals surface area contributed by atoms with E-state index in [1.807, 2.05) is 36.5 Å². The van der Waals surface area contributed by atoms with Gasteiger partial charge in [-0.15, -0.1) is 0 Å². The van der Waals surface area contributed by atoms with Crippen molar-refractivity contribution in [1.82, 2.24) is 9.97 Å². The molecule has 0 aliphatic carbocycles. The van der Waals surface area contributed by atoms with Crippen LogP contribution < -0.4 is 14.8 Å². The highest BCUT2D eigenvalue weighted by molar-refractivity contribution is 5.92. The Bertz CT molecular complexity index is 1140. The fourth-order valence-corrected chi connectivity index (χ4v) is 3.32. The van der Waals surface area contributed by atoms with Crippen molar-refractivity contribution in [2.75, 3.05) is 12.4 Å². The Morgan fingerprint density at radius 1 is 1.10 bits per heavy atom. The molecule has 0 fully saturated rings. The van der Waals surface area contributed by atoms with Gasteiger partial charge in [0.05, 0.1) is 7.11 Å². The molecule has 2 aromatic heterocycles. The first-order valence-electron chi connectivity index (χ1n) is 9.77. The second-order valence-electron chi connectivity index (χ2n) is 6.92. The molecule has 2 heterocycles. The lowest BCUT2D eigenvalue weighted by Crippen LogP contribution is -2.12. The monoisotopic (exact) mass is 401 g/mol. The number of anilines is 1. The second kappa shape index (κ2) is 9.13. The number of aromatic amines is 1. The highest BCUT2D eigenvalue weighted by atomic mass is 16.5. The molecule has 30 heavy (non-hydrogen) atoms. The molecule has 0 atom stereocenters. The number of benzene rings is 2. The number of carbonyl (C=O) groups is 1. The molecule has 0 spiro atoms. The molecular formula is C24H23N3O3. The average Bonchev–Trinajstić information content (AvgIpc) is 3.20. The van der Waals surface area contributed by atoms with E-state index in [-0.39, 0.29) is 5.91 Å². The molecule has 4 aromatic rings. The van der Waals surface area contributed by atoms with Gasteiger partial charge >= 0.3 is 0 Å². The van der Waals surface area contributed by atoms with E-state index >= 15 is 0 Å². The van der Waals surface area contributed by atoms with Gasteiger partial charge in [0, 0.05) is 53.2 Å². The van der Waals surface area contributed by atoms with Crippen molar-refractivity contribution < 1.29 is 14.3 Å². The number of fused-ring (bicyclic) bond motifs is 1. The zero-order chi connectivity index (χ0) is 20.8. The molecule has 0 bridgehead atoms. The molecule has 6 nitrogen and oxygen atoms in total. The van der Waals surface area contributed by atoms with Crippen LogP contribution >= 0.6 is 0 Å². The van der Waals surface area contributed by atoms with Gasteiger partial charge in [-0.05, 0) is 36.2 Å². The van der Waals surface area contributed by atoms with E-state index in [0.717, 1.165) is 22.0 Å². The molecule has 0 unspecified atom stereocenters. The van der Waals surface area contributed by atoms with Crippen LogP contribution in [-0.4, -0.2) is 23.0 Å². The van der Waals surface area contributed by atoms with Gasteiger partial charge in [0.25, 0.3) is 0 Å². The quantitative estimate of drug-likeness (QED) is 0.448. The normalized spacial score (nSPS) is 10.7. The van der Waals surface area contributed by atoms with Crippen molar-refractivity contribution in [3.63, 3.8) is 0 Å². The number of hydrogen-bond donors (Lipinski definition) is 2. The summed E-state index contributed by atoms with van der Waals surface area (Å²) in [6.07, 6.45) is 6.49. The third-order valence-electron chi connectivity index (χ3n) is 4.86. The van der Waals surface area contributed by atoms with Gasteiger partial charge in [-0.2, -0.15) is 0 Å². The summed E-state index contributed by atoms with van der Waals surface area (Å²) in [6, 6.07) is 17.3. The van der Waals surface area contributed by atoms with Gasteiger partial charge < -0.3 is 19.8 Å². The van der Waals surface area contributed by atoms with Crippen molar-refractivity contribution in [3.8, 4) is 11.5 Å². The SMILES string of the molecule is COc1ccc(NC(=O)CCc2c[nH]c3ccccc23)cc1OCc1cccnc1. The van der Waals surface area contributed by atoms with E-state index in [2.05, 4.69) is 21.4 Å². The summed E-state index contributed by atoms with van der Waals surface area (Å²) in [5.74, 6) is 1.12. The second-order valence-corrected chi connectivity index (χ2v) is 6.92. The van der Waals surface area contributed by atoms with Crippen LogP contribution in [0.2, 0.25) is 0 Å². The molecule has 2 N–H and O–H groups in total. The number of carbonyl (C=O) groups excluding carboxylic acids is 1. The van der Waals surface area contributed by atoms with Crippen LogP contribution in [0.4, 0.5) is 5.69 Å². The van der Waals surface area contributed by atoms with Crippen LogP contribution in [0.25, 0.3) is 10.9 Å². The van der Waals surface area contributed by atoms with E-state index in [9.17, 15) is 4.79 Å². The lowest BCUT2D eigenvalue weighted by atomic mass is 10.1. The summed E-state index contributed by atoms with van der Waals surface area (Å²) in [4.78, 5) is 19.8. The topological polar surface area (TPSA) is 76.2 Å². The smallest absolute Gasteiger partial charge is 0.224 e. The van der Waals surface area contributed by atoms with Crippen LogP contribution in [0.3, 0.4) is 0 Å². The lowest BCUT2D eigenvalue weighted by Gasteiger charge is -2.13. The van der Waals surface area contributed by atoms with Crippen molar-refractivity contribution in [2.45, 2.75) is 19.4 Å². The van der Waals surface area contributed by atoms with Crippen LogP contribution in [0.15, 0.2) is 73.2 Å². The Morgan fingerprint density at radius 2 is 2.00 bits per heavy atom. The average molecular weight is 401 g/mol. The Balaban J connectivity index is 1.39. The third kappa shape index (κ3) is 4.60. The molecule has 1 amide bonds. The molecule has 0 saturated carbocycles. The van der Waals surface area contributed by atoms with Gasteiger partial charge in [-0.3, -0.25) is 9.78 Å². The highest BCUT2D eigenvalue weighted by Crippen LogP contribution is 2.31. The van der Waals surface area contributed by atoms with E-state index in [4.69, 9.17) is 9.47 Å². The minimum absolute atomic E-state index is 0.0522. The standard InChI is InChI=1S/C24H23N3O3/c1-29-22-10-9-19(13-23(22)30-16-17-5-4-12-25-14-17)27-24(28)11-8-18-15-26-21-7-3-2-6-20(18)21/h2-7,9-10,12-15,26H,8,11,16H2,1H3,(H,27,28).